The molecule has 1 N–H and O–H groups in total. The van der Waals surface area contributed by atoms with Gasteiger partial charge in [0.25, 0.3) is 0 Å². The summed E-state index contributed by atoms with van der Waals surface area (Å²) >= 11 is 0. The van der Waals surface area contributed by atoms with Crippen LogP contribution in [-0.2, 0) is 12.6 Å². The number of rotatable bonds is 2. The largest absolute Gasteiger partial charge is 0.433 e. The van der Waals surface area contributed by atoms with Gasteiger partial charge in [-0.2, -0.15) is 13.2 Å². The van der Waals surface area contributed by atoms with Gasteiger partial charge < -0.3 is 5.32 Å². The van der Waals surface area contributed by atoms with Crippen LogP contribution in [-0.4, -0.2) is 9.97 Å². The van der Waals surface area contributed by atoms with Gasteiger partial charge in [-0.15, -0.1) is 0 Å². The molecule has 0 aliphatic heterocycles. The van der Waals surface area contributed by atoms with Crippen molar-refractivity contribution >= 4 is 5.69 Å². The fourth-order valence-electron chi connectivity index (χ4n) is 2.60. The third-order valence-corrected chi connectivity index (χ3v) is 3.59. The number of nitrogens with one attached hydrogen (secondary N) is 1. The van der Waals surface area contributed by atoms with E-state index >= 15 is 0 Å². The van der Waals surface area contributed by atoms with Crippen LogP contribution in [0.25, 0.3) is 0 Å². The number of fused-ring (bicyclic) bond motifs is 1. The van der Waals surface area contributed by atoms with Crippen LogP contribution in [0.3, 0.4) is 0 Å². The first kappa shape index (κ1) is 13.9. The molecule has 3 rings (SSSR count). The number of aromatic nitrogens is 2. The van der Waals surface area contributed by atoms with Gasteiger partial charge in [0.1, 0.15) is 5.69 Å². The molecule has 2 aromatic rings. The van der Waals surface area contributed by atoms with Crippen LogP contribution in [0, 0.1) is 0 Å². The molecule has 21 heavy (non-hydrogen) atoms. The smallest absolute Gasteiger partial charge is 0.375 e. The molecule has 6 heteroatoms. The van der Waals surface area contributed by atoms with Crippen LogP contribution in [0.15, 0.2) is 36.7 Å². The zero-order valence-electron chi connectivity index (χ0n) is 11.2. The van der Waals surface area contributed by atoms with E-state index < -0.39 is 11.9 Å². The molecular formula is C15H14F3N3. The molecule has 0 aromatic carbocycles. The van der Waals surface area contributed by atoms with Crippen LogP contribution in [0.5, 0.6) is 0 Å². The second kappa shape index (κ2) is 5.35. The highest BCUT2D eigenvalue weighted by Crippen LogP contribution is 2.32. The van der Waals surface area contributed by atoms with Crippen molar-refractivity contribution in [1.29, 1.82) is 0 Å². The predicted molar refractivity (Wildman–Crippen MR) is 72.8 cm³/mol. The molecule has 2 aromatic heterocycles. The third-order valence-electron chi connectivity index (χ3n) is 3.59. The monoisotopic (exact) mass is 293 g/mol. The van der Waals surface area contributed by atoms with E-state index in [1.54, 1.807) is 6.20 Å². The number of hydrogen-bond donors (Lipinski definition) is 1. The zero-order chi connectivity index (χ0) is 14.9. The topological polar surface area (TPSA) is 37.8 Å². The average Bonchev–Trinajstić information content (AvgIpc) is 2.47. The molecule has 3 nitrogen and oxygen atoms in total. The molecule has 0 fully saturated rings. The second-order valence-electron chi connectivity index (χ2n) is 5.07. The lowest BCUT2D eigenvalue weighted by atomic mass is 9.92. The Hall–Kier alpha value is -2.11. The minimum Gasteiger partial charge on any atom is -0.375 e. The molecule has 0 radical (unpaired) electrons. The third kappa shape index (κ3) is 2.99. The van der Waals surface area contributed by atoms with Crippen LogP contribution < -0.4 is 5.32 Å². The fourth-order valence-corrected chi connectivity index (χ4v) is 2.60. The van der Waals surface area contributed by atoms with E-state index in [1.807, 2.05) is 12.1 Å². The Morgan fingerprint density at radius 1 is 1.14 bits per heavy atom. The van der Waals surface area contributed by atoms with Crippen LogP contribution >= 0.6 is 0 Å². The normalized spacial score (nSPS) is 18.1. The maximum absolute atomic E-state index is 12.5. The first-order valence-electron chi connectivity index (χ1n) is 6.77. The summed E-state index contributed by atoms with van der Waals surface area (Å²) in [7, 11) is 0. The van der Waals surface area contributed by atoms with E-state index in [0.717, 1.165) is 31.0 Å². The van der Waals surface area contributed by atoms with Gasteiger partial charge in [0, 0.05) is 6.20 Å². The zero-order valence-corrected chi connectivity index (χ0v) is 11.2. The van der Waals surface area contributed by atoms with Crippen molar-refractivity contribution in [2.45, 2.75) is 31.5 Å². The summed E-state index contributed by atoms with van der Waals surface area (Å²) < 4.78 is 37.4. The van der Waals surface area contributed by atoms with Crippen molar-refractivity contribution in [3.05, 3.63) is 53.6 Å². The molecular weight excluding hydrogens is 279 g/mol. The highest BCUT2D eigenvalue weighted by Gasteiger charge is 2.32. The Bertz CT molecular complexity index is 623. The summed E-state index contributed by atoms with van der Waals surface area (Å²) in [5.74, 6) is 0. The summed E-state index contributed by atoms with van der Waals surface area (Å²) in [5.41, 5.74) is 1.87. The summed E-state index contributed by atoms with van der Waals surface area (Å²) in [6.45, 7) is 0. The minimum absolute atomic E-state index is 0.0217. The summed E-state index contributed by atoms with van der Waals surface area (Å²) in [5, 5.41) is 3.22. The lowest BCUT2D eigenvalue weighted by Gasteiger charge is -2.25. The Balaban J connectivity index is 1.79. The highest BCUT2D eigenvalue weighted by atomic mass is 19.4. The predicted octanol–water partition coefficient (Wildman–Crippen LogP) is 3.98. The number of anilines is 1. The van der Waals surface area contributed by atoms with E-state index in [1.165, 1.54) is 17.8 Å². The molecule has 0 bridgehead atoms. The summed E-state index contributed by atoms with van der Waals surface area (Å²) in [6.07, 6.45) is 1.49. The van der Waals surface area contributed by atoms with Gasteiger partial charge in [-0.05, 0) is 43.0 Å². The number of aryl methyl sites for hydroxylation is 1. The summed E-state index contributed by atoms with van der Waals surface area (Å²) in [6, 6.07) is 6.37. The highest BCUT2D eigenvalue weighted by molar-refractivity contribution is 5.44. The van der Waals surface area contributed by atoms with Crippen LogP contribution in [0.2, 0.25) is 0 Å². The Kier molecular flexibility index (Phi) is 3.53. The van der Waals surface area contributed by atoms with Gasteiger partial charge in [0.05, 0.1) is 23.6 Å². The van der Waals surface area contributed by atoms with Crippen molar-refractivity contribution in [3.8, 4) is 0 Å². The van der Waals surface area contributed by atoms with Crippen molar-refractivity contribution in [2.24, 2.45) is 0 Å². The quantitative estimate of drug-likeness (QED) is 0.910. The lowest BCUT2D eigenvalue weighted by Crippen LogP contribution is -2.19. The maximum Gasteiger partial charge on any atom is 0.433 e. The number of halogens is 3. The molecule has 110 valence electrons. The summed E-state index contributed by atoms with van der Waals surface area (Å²) in [4.78, 5) is 7.85. The standard InChI is InChI=1S/C15H14F3N3/c16-15(17,18)13-7-6-11(9-20-13)21-12-5-1-3-10-4-2-8-19-14(10)12/h2,4,6-9,12,21H,1,3,5H2. The molecule has 1 atom stereocenters. The molecule has 0 spiro atoms. The SMILES string of the molecule is FC(F)(F)c1ccc(NC2CCCc3cccnc32)cn1. The van der Waals surface area contributed by atoms with Crippen molar-refractivity contribution in [2.75, 3.05) is 5.32 Å². The van der Waals surface area contributed by atoms with Crippen LogP contribution in [0.1, 0.15) is 35.8 Å². The van der Waals surface area contributed by atoms with E-state index in [9.17, 15) is 13.2 Å². The molecule has 0 saturated heterocycles. The van der Waals surface area contributed by atoms with Gasteiger partial charge in [0.15, 0.2) is 0 Å². The van der Waals surface area contributed by atoms with E-state index in [0.29, 0.717) is 5.69 Å². The second-order valence-corrected chi connectivity index (χ2v) is 5.07. The molecule has 1 aliphatic rings. The number of hydrogen-bond acceptors (Lipinski definition) is 3. The van der Waals surface area contributed by atoms with Gasteiger partial charge in [-0.3, -0.25) is 4.98 Å². The Morgan fingerprint density at radius 2 is 2.00 bits per heavy atom. The van der Waals surface area contributed by atoms with Gasteiger partial charge >= 0.3 is 6.18 Å². The fraction of sp³-hybridized carbons (Fsp3) is 0.333. The van der Waals surface area contributed by atoms with Crippen LogP contribution in [0.4, 0.5) is 18.9 Å². The van der Waals surface area contributed by atoms with Gasteiger partial charge in [-0.25, -0.2) is 4.98 Å². The van der Waals surface area contributed by atoms with E-state index in [-0.39, 0.29) is 6.04 Å². The van der Waals surface area contributed by atoms with E-state index in [4.69, 9.17) is 0 Å². The first-order valence-corrected chi connectivity index (χ1v) is 6.77. The Labute approximate surface area is 120 Å². The molecule has 2 heterocycles. The van der Waals surface area contributed by atoms with Crippen molar-refractivity contribution < 1.29 is 13.2 Å². The van der Waals surface area contributed by atoms with Crippen molar-refractivity contribution in [3.63, 3.8) is 0 Å². The van der Waals surface area contributed by atoms with E-state index in [2.05, 4.69) is 15.3 Å². The number of alkyl halides is 3. The molecule has 0 saturated carbocycles. The number of nitrogens with zero attached hydrogens (tertiary/aromatic N) is 2. The molecule has 1 unspecified atom stereocenters. The average molecular weight is 293 g/mol. The first-order chi connectivity index (χ1) is 10.0. The Morgan fingerprint density at radius 3 is 2.71 bits per heavy atom. The molecule has 0 amide bonds. The van der Waals surface area contributed by atoms with Crippen molar-refractivity contribution in [1.82, 2.24) is 9.97 Å². The van der Waals surface area contributed by atoms with Gasteiger partial charge in [-0.1, -0.05) is 6.07 Å². The lowest BCUT2D eigenvalue weighted by molar-refractivity contribution is -0.141. The maximum atomic E-state index is 12.5. The molecule has 1 aliphatic carbocycles. The minimum atomic E-state index is -4.41. The number of pyridine rings is 2. The van der Waals surface area contributed by atoms with Gasteiger partial charge in [0.2, 0.25) is 0 Å².